The molecular weight excluding hydrogens is 304 g/mol. The molecule has 1 amide bonds. The quantitative estimate of drug-likeness (QED) is 0.613. The Bertz CT molecular complexity index is 613. The third-order valence-electron chi connectivity index (χ3n) is 3.70. The second-order valence-electron chi connectivity index (χ2n) is 5.40. The summed E-state index contributed by atoms with van der Waals surface area (Å²) in [5.74, 6) is 1.55. The van der Waals surface area contributed by atoms with E-state index < -0.39 is 0 Å². The maximum atomic E-state index is 11.9. The molecule has 0 fully saturated rings. The van der Waals surface area contributed by atoms with Crippen molar-refractivity contribution in [3.05, 3.63) is 36.7 Å². The van der Waals surface area contributed by atoms with E-state index in [1.807, 2.05) is 38.1 Å². The van der Waals surface area contributed by atoms with E-state index in [-0.39, 0.29) is 11.8 Å². The molecule has 0 aliphatic rings. The zero-order valence-corrected chi connectivity index (χ0v) is 14.1. The third-order valence-corrected chi connectivity index (χ3v) is 3.70. The molecule has 2 aromatic rings. The zero-order chi connectivity index (χ0) is 17.2. The number of nitrogens with zero attached hydrogens (tertiary/aromatic N) is 3. The number of carbonyl (C=O) groups is 1. The lowest BCUT2D eigenvalue weighted by Crippen LogP contribution is -2.33. The van der Waals surface area contributed by atoms with Gasteiger partial charge in [-0.3, -0.25) is 9.78 Å². The minimum absolute atomic E-state index is 0.100. The lowest BCUT2D eigenvalue weighted by atomic mass is 10.0. The van der Waals surface area contributed by atoms with Crippen LogP contribution in [0.15, 0.2) is 36.7 Å². The fourth-order valence-corrected chi connectivity index (χ4v) is 2.26. The fraction of sp³-hybridized carbons (Fsp3) is 0.412. The van der Waals surface area contributed by atoms with Gasteiger partial charge in [0.25, 0.3) is 0 Å². The number of amides is 1. The van der Waals surface area contributed by atoms with E-state index in [1.165, 1.54) is 0 Å². The Balaban J connectivity index is 1.73. The van der Waals surface area contributed by atoms with E-state index in [4.69, 9.17) is 0 Å². The smallest absolute Gasteiger partial charge is 0.223 e. The summed E-state index contributed by atoms with van der Waals surface area (Å²) < 4.78 is 0. The van der Waals surface area contributed by atoms with Crippen LogP contribution in [0.25, 0.3) is 0 Å². The van der Waals surface area contributed by atoms with Gasteiger partial charge in [-0.05, 0) is 37.1 Å². The summed E-state index contributed by atoms with van der Waals surface area (Å²) in [7, 11) is 0. The number of rotatable bonds is 9. The third kappa shape index (κ3) is 5.49. The molecule has 2 rings (SSSR count). The molecule has 0 saturated carbocycles. The van der Waals surface area contributed by atoms with Crippen LogP contribution >= 0.6 is 0 Å². The maximum Gasteiger partial charge on any atom is 0.223 e. The second kappa shape index (κ2) is 9.44. The average Bonchev–Trinajstić information content (AvgIpc) is 2.62. The summed E-state index contributed by atoms with van der Waals surface area (Å²) in [5, 5.41) is 17.4. The molecule has 24 heavy (non-hydrogen) atoms. The highest BCUT2D eigenvalue weighted by Gasteiger charge is 2.12. The van der Waals surface area contributed by atoms with Crippen LogP contribution in [0.4, 0.5) is 17.3 Å². The van der Waals surface area contributed by atoms with Gasteiger partial charge in [-0.25, -0.2) is 0 Å². The average molecular weight is 328 g/mol. The van der Waals surface area contributed by atoms with Crippen molar-refractivity contribution in [2.24, 2.45) is 5.92 Å². The van der Waals surface area contributed by atoms with Gasteiger partial charge in [0.05, 0.1) is 0 Å². The second-order valence-corrected chi connectivity index (χ2v) is 5.40. The van der Waals surface area contributed by atoms with Gasteiger partial charge in [-0.2, -0.15) is 0 Å². The molecule has 0 spiro atoms. The molecular formula is C17H24N6O. The maximum absolute atomic E-state index is 11.9. The molecule has 0 aliphatic carbocycles. The first-order valence-electron chi connectivity index (χ1n) is 8.25. The monoisotopic (exact) mass is 328 g/mol. The number of anilines is 3. The Labute approximate surface area is 142 Å². The molecule has 0 saturated heterocycles. The SMILES string of the molecule is CCC(CC)C(=O)NCCNc1ccc(Nc2ccncc2)nn1. The lowest BCUT2D eigenvalue weighted by Gasteiger charge is -2.13. The molecule has 0 radical (unpaired) electrons. The van der Waals surface area contributed by atoms with Crippen molar-refractivity contribution in [3.63, 3.8) is 0 Å². The largest absolute Gasteiger partial charge is 0.367 e. The Morgan fingerprint density at radius 2 is 1.67 bits per heavy atom. The van der Waals surface area contributed by atoms with Gasteiger partial charge in [0.15, 0.2) is 5.82 Å². The highest BCUT2D eigenvalue weighted by Crippen LogP contribution is 2.13. The molecule has 3 N–H and O–H groups in total. The molecule has 0 unspecified atom stereocenters. The normalized spacial score (nSPS) is 10.5. The highest BCUT2D eigenvalue weighted by molar-refractivity contribution is 5.78. The molecule has 0 atom stereocenters. The molecule has 0 bridgehead atoms. The van der Waals surface area contributed by atoms with Crippen molar-refractivity contribution >= 4 is 23.2 Å². The highest BCUT2D eigenvalue weighted by atomic mass is 16.1. The number of hydrogen-bond donors (Lipinski definition) is 3. The van der Waals surface area contributed by atoms with Gasteiger partial charge in [0.1, 0.15) is 5.82 Å². The van der Waals surface area contributed by atoms with Crippen molar-refractivity contribution in [2.45, 2.75) is 26.7 Å². The lowest BCUT2D eigenvalue weighted by molar-refractivity contribution is -0.125. The number of hydrogen-bond acceptors (Lipinski definition) is 6. The minimum atomic E-state index is 0.100. The first-order chi connectivity index (χ1) is 11.7. The van der Waals surface area contributed by atoms with Crippen LogP contribution < -0.4 is 16.0 Å². The van der Waals surface area contributed by atoms with E-state index in [1.54, 1.807) is 12.4 Å². The summed E-state index contributed by atoms with van der Waals surface area (Å²) >= 11 is 0. The molecule has 7 nitrogen and oxygen atoms in total. The van der Waals surface area contributed by atoms with Crippen molar-refractivity contribution in [2.75, 3.05) is 23.7 Å². The van der Waals surface area contributed by atoms with E-state index in [9.17, 15) is 4.79 Å². The standard InChI is InChI=1S/C17H24N6O/c1-3-13(4-2)17(24)20-12-11-19-15-5-6-16(23-22-15)21-14-7-9-18-10-8-14/h5-10,13H,3-4,11-12H2,1-2H3,(H,19,22)(H,20,24)(H,18,21,23). The Hall–Kier alpha value is -2.70. The summed E-state index contributed by atoms with van der Waals surface area (Å²) in [6.07, 6.45) is 5.16. The summed E-state index contributed by atoms with van der Waals surface area (Å²) in [4.78, 5) is 15.8. The van der Waals surface area contributed by atoms with Crippen LogP contribution in [0, 0.1) is 5.92 Å². The summed E-state index contributed by atoms with van der Waals surface area (Å²) in [6, 6.07) is 7.41. The first kappa shape index (κ1) is 17.7. The van der Waals surface area contributed by atoms with Crippen molar-refractivity contribution < 1.29 is 4.79 Å². The molecule has 2 aromatic heterocycles. The molecule has 0 aromatic carbocycles. The van der Waals surface area contributed by atoms with Gasteiger partial charge in [0, 0.05) is 37.1 Å². The fourth-order valence-electron chi connectivity index (χ4n) is 2.26. The van der Waals surface area contributed by atoms with Gasteiger partial charge in [-0.15, -0.1) is 10.2 Å². The van der Waals surface area contributed by atoms with Crippen LogP contribution in [0.5, 0.6) is 0 Å². The Morgan fingerprint density at radius 1 is 1.00 bits per heavy atom. The molecule has 0 aliphatic heterocycles. The number of carbonyl (C=O) groups excluding carboxylic acids is 1. The van der Waals surface area contributed by atoms with Crippen molar-refractivity contribution in [1.82, 2.24) is 20.5 Å². The van der Waals surface area contributed by atoms with E-state index in [0.717, 1.165) is 18.5 Å². The first-order valence-corrected chi connectivity index (χ1v) is 8.25. The van der Waals surface area contributed by atoms with Crippen LogP contribution in [0.1, 0.15) is 26.7 Å². The van der Waals surface area contributed by atoms with Crippen LogP contribution in [-0.4, -0.2) is 34.2 Å². The van der Waals surface area contributed by atoms with Gasteiger partial charge in [-0.1, -0.05) is 13.8 Å². The Morgan fingerprint density at radius 3 is 2.29 bits per heavy atom. The summed E-state index contributed by atoms with van der Waals surface area (Å²) in [6.45, 7) is 5.23. The van der Waals surface area contributed by atoms with Crippen LogP contribution in [0.2, 0.25) is 0 Å². The summed E-state index contributed by atoms with van der Waals surface area (Å²) in [5.41, 5.74) is 0.907. The minimum Gasteiger partial charge on any atom is -0.367 e. The van der Waals surface area contributed by atoms with E-state index >= 15 is 0 Å². The molecule has 128 valence electrons. The predicted octanol–water partition coefficient (Wildman–Crippen LogP) is 2.58. The van der Waals surface area contributed by atoms with E-state index in [2.05, 4.69) is 31.1 Å². The number of aromatic nitrogens is 3. The van der Waals surface area contributed by atoms with Crippen molar-refractivity contribution in [1.29, 1.82) is 0 Å². The Kier molecular flexibility index (Phi) is 6.94. The van der Waals surface area contributed by atoms with Crippen molar-refractivity contribution in [3.8, 4) is 0 Å². The van der Waals surface area contributed by atoms with E-state index in [0.29, 0.717) is 24.7 Å². The number of pyridine rings is 1. The van der Waals surface area contributed by atoms with Gasteiger partial charge >= 0.3 is 0 Å². The van der Waals surface area contributed by atoms with Crippen LogP contribution in [0.3, 0.4) is 0 Å². The zero-order valence-electron chi connectivity index (χ0n) is 14.1. The number of nitrogens with one attached hydrogen (secondary N) is 3. The molecule has 2 heterocycles. The van der Waals surface area contributed by atoms with Gasteiger partial charge < -0.3 is 16.0 Å². The topological polar surface area (TPSA) is 91.8 Å². The predicted molar refractivity (Wildman–Crippen MR) is 95.1 cm³/mol. The van der Waals surface area contributed by atoms with Crippen LogP contribution in [-0.2, 0) is 4.79 Å². The molecule has 7 heteroatoms. The van der Waals surface area contributed by atoms with Gasteiger partial charge in [0.2, 0.25) is 5.91 Å².